The Morgan fingerprint density at radius 3 is 2.71 bits per heavy atom. The standard InChI is InChI=1S/C15H23NO/c1-3-12-6-8-13(9-7-12)15-14(11-16-2)5-4-10-17-15/h6-9,14-16H,3-5,10-11H2,1-2H3. The second-order valence-electron chi connectivity index (χ2n) is 4.85. The molecule has 1 fully saturated rings. The van der Waals surface area contributed by atoms with E-state index in [0.29, 0.717) is 5.92 Å². The summed E-state index contributed by atoms with van der Waals surface area (Å²) in [6.45, 7) is 4.14. The highest BCUT2D eigenvalue weighted by atomic mass is 16.5. The fourth-order valence-corrected chi connectivity index (χ4v) is 2.63. The average Bonchev–Trinajstić information content (AvgIpc) is 2.40. The van der Waals surface area contributed by atoms with Gasteiger partial charge < -0.3 is 10.1 Å². The van der Waals surface area contributed by atoms with Crippen molar-refractivity contribution in [1.82, 2.24) is 5.32 Å². The number of ether oxygens (including phenoxy) is 1. The van der Waals surface area contributed by atoms with Gasteiger partial charge in [0.2, 0.25) is 0 Å². The van der Waals surface area contributed by atoms with Crippen molar-refractivity contribution >= 4 is 0 Å². The summed E-state index contributed by atoms with van der Waals surface area (Å²) < 4.78 is 5.96. The largest absolute Gasteiger partial charge is 0.373 e. The predicted molar refractivity (Wildman–Crippen MR) is 71.2 cm³/mol. The van der Waals surface area contributed by atoms with Gasteiger partial charge in [0.15, 0.2) is 0 Å². The normalized spacial score (nSPS) is 24.8. The fraction of sp³-hybridized carbons (Fsp3) is 0.600. The molecule has 2 nitrogen and oxygen atoms in total. The van der Waals surface area contributed by atoms with Gasteiger partial charge in [0, 0.05) is 19.1 Å². The first kappa shape index (κ1) is 12.6. The van der Waals surface area contributed by atoms with E-state index in [1.807, 2.05) is 7.05 Å². The first-order chi connectivity index (χ1) is 8.35. The molecule has 94 valence electrons. The minimum Gasteiger partial charge on any atom is -0.373 e. The molecular formula is C15H23NO. The van der Waals surface area contributed by atoms with Crippen LogP contribution < -0.4 is 5.32 Å². The summed E-state index contributed by atoms with van der Waals surface area (Å²) in [4.78, 5) is 0. The monoisotopic (exact) mass is 233 g/mol. The molecule has 0 radical (unpaired) electrons. The summed E-state index contributed by atoms with van der Waals surface area (Å²) in [5.74, 6) is 0.612. The Labute approximate surface area is 104 Å². The number of rotatable bonds is 4. The second-order valence-corrected chi connectivity index (χ2v) is 4.85. The van der Waals surface area contributed by atoms with Crippen molar-refractivity contribution in [3.05, 3.63) is 35.4 Å². The van der Waals surface area contributed by atoms with E-state index in [1.165, 1.54) is 24.0 Å². The van der Waals surface area contributed by atoms with Crippen LogP contribution in [0, 0.1) is 5.92 Å². The van der Waals surface area contributed by atoms with Crippen LogP contribution in [0.1, 0.15) is 37.0 Å². The van der Waals surface area contributed by atoms with Crippen LogP contribution >= 0.6 is 0 Å². The molecule has 2 unspecified atom stereocenters. The van der Waals surface area contributed by atoms with Crippen LogP contribution in [0.2, 0.25) is 0 Å². The Kier molecular flexibility index (Phi) is 4.57. The van der Waals surface area contributed by atoms with Crippen molar-refractivity contribution in [3.8, 4) is 0 Å². The smallest absolute Gasteiger partial charge is 0.0865 e. The third kappa shape index (κ3) is 3.08. The zero-order valence-corrected chi connectivity index (χ0v) is 10.9. The molecule has 1 aliphatic rings. The minimum absolute atomic E-state index is 0.280. The molecule has 1 saturated heterocycles. The molecule has 2 rings (SSSR count). The number of nitrogens with one attached hydrogen (secondary N) is 1. The van der Waals surface area contributed by atoms with E-state index in [9.17, 15) is 0 Å². The summed E-state index contributed by atoms with van der Waals surface area (Å²) in [5.41, 5.74) is 2.73. The summed E-state index contributed by atoms with van der Waals surface area (Å²) in [5, 5.41) is 3.28. The first-order valence-electron chi connectivity index (χ1n) is 6.70. The van der Waals surface area contributed by atoms with Crippen molar-refractivity contribution in [1.29, 1.82) is 0 Å². The molecule has 0 amide bonds. The molecule has 2 atom stereocenters. The van der Waals surface area contributed by atoms with Crippen LogP contribution in [0.25, 0.3) is 0 Å². The topological polar surface area (TPSA) is 21.3 Å². The highest BCUT2D eigenvalue weighted by Crippen LogP contribution is 2.33. The predicted octanol–water partition coefficient (Wildman–Crippen LogP) is 2.94. The molecule has 1 N–H and O–H groups in total. The molecule has 1 heterocycles. The Balaban J connectivity index is 2.11. The third-order valence-electron chi connectivity index (χ3n) is 3.63. The highest BCUT2D eigenvalue weighted by Gasteiger charge is 2.26. The Bertz CT molecular complexity index is 331. The summed E-state index contributed by atoms with van der Waals surface area (Å²) in [7, 11) is 2.02. The van der Waals surface area contributed by atoms with Gasteiger partial charge in [-0.1, -0.05) is 31.2 Å². The van der Waals surface area contributed by atoms with Crippen LogP contribution in [0.15, 0.2) is 24.3 Å². The van der Waals surface area contributed by atoms with Crippen molar-refractivity contribution in [2.75, 3.05) is 20.2 Å². The molecular weight excluding hydrogens is 210 g/mol. The molecule has 2 heteroatoms. The summed E-state index contributed by atoms with van der Waals surface area (Å²) in [6, 6.07) is 8.92. The molecule has 1 aromatic rings. The van der Waals surface area contributed by atoms with Crippen LogP contribution in [0.3, 0.4) is 0 Å². The van der Waals surface area contributed by atoms with Crippen LogP contribution in [-0.2, 0) is 11.2 Å². The lowest BCUT2D eigenvalue weighted by atomic mass is 9.89. The van der Waals surface area contributed by atoms with Gasteiger partial charge in [0.25, 0.3) is 0 Å². The lowest BCUT2D eigenvalue weighted by Gasteiger charge is -2.32. The highest BCUT2D eigenvalue weighted by molar-refractivity contribution is 5.25. The first-order valence-corrected chi connectivity index (χ1v) is 6.70. The van der Waals surface area contributed by atoms with Gasteiger partial charge in [-0.2, -0.15) is 0 Å². The van der Waals surface area contributed by atoms with Gasteiger partial charge >= 0.3 is 0 Å². The van der Waals surface area contributed by atoms with Crippen molar-refractivity contribution in [2.45, 2.75) is 32.3 Å². The maximum atomic E-state index is 5.96. The number of benzene rings is 1. The van der Waals surface area contributed by atoms with E-state index in [1.54, 1.807) is 0 Å². The van der Waals surface area contributed by atoms with E-state index >= 15 is 0 Å². The van der Waals surface area contributed by atoms with Crippen molar-refractivity contribution in [3.63, 3.8) is 0 Å². The van der Waals surface area contributed by atoms with Gasteiger partial charge in [-0.3, -0.25) is 0 Å². The zero-order valence-electron chi connectivity index (χ0n) is 10.9. The molecule has 0 saturated carbocycles. The molecule has 0 aromatic heterocycles. The van der Waals surface area contributed by atoms with E-state index < -0.39 is 0 Å². The van der Waals surface area contributed by atoms with Crippen LogP contribution in [-0.4, -0.2) is 20.2 Å². The lowest BCUT2D eigenvalue weighted by Crippen LogP contribution is -2.30. The second kappa shape index (κ2) is 6.18. The Morgan fingerprint density at radius 1 is 1.29 bits per heavy atom. The number of hydrogen-bond acceptors (Lipinski definition) is 2. The van der Waals surface area contributed by atoms with Gasteiger partial charge in [-0.05, 0) is 37.4 Å². The third-order valence-corrected chi connectivity index (χ3v) is 3.63. The van der Waals surface area contributed by atoms with E-state index in [2.05, 4.69) is 36.5 Å². The van der Waals surface area contributed by atoms with Crippen LogP contribution in [0.4, 0.5) is 0 Å². The fourth-order valence-electron chi connectivity index (χ4n) is 2.63. The SMILES string of the molecule is CCc1ccc(C2OCCCC2CNC)cc1. The maximum absolute atomic E-state index is 5.96. The summed E-state index contributed by atoms with van der Waals surface area (Å²) in [6.07, 6.45) is 3.84. The maximum Gasteiger partial charge on any atom is 0.0865 e. The quantitative estimate of drug-likeness (QED) is 0.863. The zero-order chi connectivity index (χ0) is 12.1. The number of aryl methyl sites for hydroxylation is 1. The van der Waals surface area contributed by atoms with Gasteiger partial charge in [-0.25, -0.2) is 0 Å². The Morgan fingerprint density at radius 2 is 2.06 bits per heavy atom. The minimum atomic E-state index is 0.280. The van der Waals surface area contributed by atoms with Crippen molar-refractivity contribution < 1.29 is 4.74 Å². The van der Waals surface area contributed by atoms with Crippen molar-refractivity contribution in [2.24, 2.45) is 5.92 Å². The average molecular weight is 233 g/mol. The molecule has 0 spiro atoms. The van der Waals surface area contributed by atoms with E-state index in [0.717, 1.165) is 19.6 Å². The van der Waals surface area contributed by atoms with E-state index in [-0.39, 0.29) is 6.10 Å². The molecule has 1 aromatic carbocycles. The summed E-state index contributed by atoms with van der Waals surface area (Å²) >= 11 is 0. The van der Waals surface area contributed by atoms with Crippen LogP contribution in [0.5, 0.6) is 0 Å². The molecule has 0 bridgehead atoms. The molecule has 17 heavy (non-hydrogen) atoms. The van der Waals surface area contributed by atoms with Gasteiger partial charge in [0.05, 0.1) is 6.10 Å². The van der Waals surface area contributed by atoms with E-state index in [4.69, 9.17) is 4.74 Å². The molecule has 0 aliphatic carbocycles. The van der Waals surface area contributed by atoms with Gasteiger partial charge in [-0.15, -0.1) is 0 Å². The Hall–Kier alpha value is -0.860. The van der Waals surface area contributed by atoms with Gasteiger partial charge in [0.1, 0.15) is 0 Å². The number of hydrogen-bond donors (Lipinski definition) is 1. The lowest BCUT2D eigenvalue weighted by molar-refractivity contribution is -0.0272. The molecule has 1 aliphatic heterocycles.